The third kappa shape index (κ3) is 5.23. The van der Waals surface area contributed by atoms with Crippen molar-refractivity contribution in [1.29, 1.82) is 0 Å². The predicted octanol–water partition coefficient (Wildman–Crippen LogP) is 4.79. The molecule has 108 valence electrons. The smallest absolute Gasteiger partial charge is 0.310 e. The molecule has 1 rings (SSSR count). The molecular formula is C15H22F3N. The van der Waals surface area contributed by atoms with Crippen molar-refractivity contribution in [3.8, 4) is 0 Å². The fraction of sp³-hybridized carbons (Fsp3) is 0.600. The Morgan fingerprint density at radius 3 is 2.47 bits per heavy atom. The van der Waals surface area contributed by atoms with Gasteiger partial charge in [0.2, 0.25) is 0 Å². The van der Waals surface area contributed by atoms with Gasteiger partial charge < -0.3 is 5.32 Å². The minimum atomic E-state index is -4.27. The lowest BCUT2D eigenvalue weighted by atomic mass is 10.0. The Labute approximate surface area is 113 Å². The molecule has 2 unspecified atom stereocenters. The van der Waals surface area contributed by atoms with Crippen LogP contribution >= 0.6 is 0 Å². The molecule has 0 fully saturated rings. The van der Waals surface area contributed by atoms with Gasteiger partial charge in [-0.3, -0.25) is 0 Å². The standard InChI is InChI=1S/C15H22F3N/c1-4-6-11(2)10-19-12(3)13-7-5-8-14(9-13)15(16,17)18/h5,7-9,11-12,19H,4,6,10H2,1-3H3. The summed E-state index contributed by atoms with van der Waals surface area (Å²) in [4.78, 5) is 0. The van der Waals surface area contributed by atoms with Crippen LogP contribution in [0.5, 0.6) is 0 Å². The lowest BCUT2D eigenvalue weighted by molar-refractivity contribution is -0.137. The molecule has 1 aromatic rings. The largest absolute Gasteiger partial charge is 0.416 e. The highest BCUT2D eigenvalue weighted by molar-refractivity contribution is 5.27. The summed E-state index contributed by atoms with van der Waals surface area (Å²) in [7, 11) is 0. The van der Waals surface area contributed by atoms with Gasteiger partial charge in [-0.15, -0.1) is 0 Å². The van der Waals surface area contributed by atoms with E-state index in [4.69, 9.17) is 0 Å². The van der Waals surface area contributed by atoms with Gasteiger partial charge in [-0.05, 0) is 43.5 Å². The molecule has 0 heterocycles. The lowest BCUT2D eigenvalue weighted by Crippen LogP contribution is -2.24. The highest BCUT2D eigenvalue weighted by Gasteiger charge is 2.30. The van der Waals surface area contributed by atoms with Crippen molar-refractivity contribution in [2.45, 2.75) is 45.8 Å². The second-order valence-electron chi connectivity index (χ2n) is 5.15. The lowest BCUT2D eigenvalue weighted by Gasteiger charge is -2.19. The SMILES string of the molecule is CCCC(C)CNC(C)c1cccc(C(F)(F)F)c1. The Kier molecular flexibility index (Phi) is 5.85. The van der Waals surface area contributed by atoms with Crippen molar-refractivity contribution < 1.29 is 13.2 Å². The predicted molar refractivity (Wildman–Crippen MR) is 71.9 cm³/mol. The third-order valence-electron chi connectivity index (χ3n) is 3.27. The molecule has 1 aromatic carbocycles. The molecule has 0 aromatic heterocycles. The Morgan fingerprint density at radius 1 is 1.21 bits per heavy atom. The average Bonchev–Trinajstić information content (AvgIpc) is 2.35. The first-order valence-corrected chi connectivity index (χ1v) is 6.75. The maximum absolute atomic E-state index is 12.6. The second kappa shape index (κ2) is 6.94. The van der Waals surface area contributed by atoms with Gasteiger partial charge in [-0.2, -0.15) is 13.2 Å². The minimum Gasteiger partial charge on any atom is -0.310 e. The molecule has 1 nitrogen and oxygen atoms in total. The first-order valence-electron chi connectivity index (χ1n) is 6.75. The van der Waals surface area contributed by atoms with Crippen LogP contribution in [0, 0.1) is 5.92 Å². The molecule has 0 aliphatic heterocycles. The van der Waals surface area contributed by atoms with E-state index >= 15 is 0 Å². The zero-order valence-electron chi connectivity index (χ0n) is 11.7. The topological polar surface area (TPSA) is 12.0 Å². The second-order valence-corrected chi connectivity index (χ2v) is 5.15. The zero-order chi connectivity index (χ0) is 14.5. The Balaban J connectivity index is 2.64. The summed E-state index contributed by atoms with van der Waals surface area (Å²) in [6.45, 7) is 7.00. The van der Waals surface area contributed by atoms with E-state index < -0.39 is 11.7 Å². The fourth-order valence-electron chi connectivity index (χ4n) is 2.08. The van der Waals surface area contributed by atoms with E-state index in [-0.39, 0.29) is 6.04 Å². The summed E-state index contributed by atoms with van der Waals surface area (Å²) in [5, 5.41) is 3.29. The molecule has 1 N–H and O–H groups in total. The summed E-state index contributed by atoms with van der Waals surface area (Å²) >= 11 is 0. The van der Waals surface area contributed by atoms with Crippen LogP contribution < -0.4 is 5.32 Å². The summed E-state index contributed by atoms with van der Waals surface area (Å²) in [5.41, 5.74) is 0.0961. The molecule has 0 amide bonds. The van der Waals surface area contributed by atoms with Crippen molar-refractivity contribution in [3.05, 3.63) is 35.4 Å². The molecule has 4 heteroatoms. The van der Waals surface area contributed by atoms with Crippen molar-refractivity contribution in [2.75, 3.05) is 6.54 Å². The van der Waals surface area contributed by atoms with Gasteiger partial charge >= 0.3 is 6.18 Å². The summed E-state index contributed by atoms with van der Waals surface area (Å²) in [6, 6.07) is 5.46. The molecule has 0 radical (unpaired) electrons. The minimum absolute atomic E-state index is 0.0680. The van der Waals surface area contributed by atoms with E-state index in [1.165, 1.54) is 12.1 Å². The number of halogens is 3. The van der Waals surface area contributed by atoms with E-state index in [9.17, 15) is 13.2 Å². The van der Waals surface area contributed by atoms with E-state index in [0.717, 1.165) is 25.5 Å². The van der Waals surface area contributed by atoms with Crippen LogP contribution in [0.3, 0.4) is 0 Å². The van der Waals surface area contributed by atoms with Gasteiger partial charge in [0.25, 0.3) is 0 Å². The molecule has 0 bridgehead atoms. The number of hydrogen-bond acceptors (Lipinski definition) is 1. The van der Waals surface area contributed by atoms with Gasteiger partial charge in [0.15, 0.2) is 0 Å². The van der Waals surface area contributed by atoms with Crippen molar-refractivity contribution in [3.63, 3.8) is 0 Å². The van der Waals surface area contributed by atoms with Gasteiger partial charge in [0.1, 0.15) is 0 Å². The van der Waals surface area contributed by atoms with E-state index in [1.54, 1.807) is 6.07 Å². The highest BCUT2D eigenvalue weighted by Crippen LogP contribution is 2.30. The van der Waals surface area contributed by atoms with Crippen LogP contribution in [0.4, 0.5) is 13.2 Å². The number of benzene rings is 1. The average molecular weight is 273 g/mol. The van der Waals surface area contributed by atoms with Gasteiger partial charge in [-0.25, -0.2) is 0 Å². The molecule has 0 saturated carbocycles. The maximum atomic E-state index is 12.6. The Bertz CT molecular complexity index is 387. The van der Waals surface area contributed by atoms with Crippen LogP contribution in [0.2, 0.25) is 0 Å². The first kappa shape index (κ1) is 16.0. The molecule has 19 heavy (non-hydrogen) atoms. The third-order valence-corrected chi connectivity index (χ3v) is 3.27. The van der Waals surface area contributed by atoms with Crippen molar-refractivity contribution >= 4 is 0 Å². The van der Waals surface area contributed by atoms with Gasteiger partial charge in [-0.1, -0.05) is 32.4 Å². The summed E-state index contributed by atoms with van der Waals surface area (Å²) in [6.07, 6.45) is -2.02. The number of alkyl halides is 3. The zero-order valence-corrected chi connectivity index (χ0v) is 11.7. The number of rotatable bonds is 6. The van der Waals surface area contributed by atoms with Crippen LogP contribution in [-0.4, -0.2) is 6.54 Å². The molecule has 0 saturated heterocycles. The fourth-order valence-corrected chi connectivity index (χ4v) is 2.08. The van der Waals surface area contributed by atoms with Crippen LogP contribution in [0.1, 0.15) is 50.8 Å². The normalized spacial score (nSPS) is 15.3. The summed E-state index contributed by atoms with van der Waals surface area (Å²) in [5.74, 6) is 0.540. The molecule has 0 aliphatic rings. The molecular weight excluding hydrogens is 251 g/mol. The van der Waals surface area contributed by atoms with Crippen LogP contribution in [-0.2, 0) is 6.18 Å². The van der Waals surface area contributed by atoms with Gasteiger partial charge in [0, 0.05) is 6.04 Å². The highest BCUT2D eigenvalue weighted by atomic mass is 19.4. The van der Waals surface area contributed by atoms with Crippen LogP contribution in [0.15, 0.2) is 24.3 Å². The number of nitrogens with one attached hydrogen (secondary N) is 1. The monoisotopic (exact) mass is 273 g/mol. The summed E-state index contributed by atoms with van der Waals surface area (Å²) < 4.78 is 37.9. The van der Waals surface area contributed by atoms with Crippen molar-refractivity contribution in [2.24, 2.45) is 5.92 Å². The van der Waals surface area contributed by atoms with Crippen molar-refractivity contribution in [1.82, 2.24) is 5.32 Å². The quantitative estimate of drug-likeness (QED) is 0.785. The van der Waals surface area contributed by atoms with E-state index in [2.05, 4.69) is 19.2 Å². The first-order chi connectivity index (χ1) is 8.84. The number of hydrogen-bond donors (Lipinski definition) is 1. The molecule has 0 spiro atoms. The van der Waals surface area contributed by atoms with Crippen LogP contribution in [0.25, 0.3) is 0 Å². The van der Waals surface area contributed by atoms with E-state index in [1.807, 2.05) is 6.92 Å². The Morgan fingerprint density at radius 2 is 1.89 bits per heavy atom. The Hall–Kier alpha value is -1.03. The van der Waals surface area contributed by atoms with Gasteiger partial charge in [0.05, 0.1) is 5.56 Å². The molecule has 2 atom stereocenters. The molecule has 0 aliphatic carbocycles. The maximum Gasteiger partial charge on any atom is 0.416 e. The van der Waals surface area contributed by atoms with E-state index in [0.29, 0.717) is 11.5 Å².